The van der Waals surface area contributed by atoms with E-state index in [-0.39, 0.29) is 12.5 Å². The maximum Gasteiger partial charge on any atom is 0.241 e. The molecule has 1 aromatic rings. The van der Waals surface area contributed by atoms with Gasteiger partial charge in [-0.3, -0.25) is 4.79 Å². The molecule has 2 N–H and O–H groups in total. The normalized spacial score (nSPS) is 11.0. The molecule has 0 heterocycles. The largest absolute Gasteiger partial charge is 0.492 e. The number of rotatable bonds is 8. The van der Waals surface area contributed by atoms with Gasteiger partial charge in [-0.05, 0) is 38.1 Å². The van der Waals surface area contributed by atoms with Gasteiger partial charge in [0.1, 0.15) is 18.9 Å². The van der Waals surface area contributed by atoms with Crippen molar-refractivity contribution in [2.75, 3.05) is 39.8 Å². The molecule has 1 rings (SSSR count). The van der Waals surface area contributed by atoms with Crippen molar-refractivity contribution in [1.82, 2.24) is 15.5 Å². The van der Waals surface area contributed by atoms with Gasteiger partial charge in [-0.1, -0.05) is 11.6 Å². The quantitative estimate of drug-likeness (QED) is 0.559. The smallest absolute Gasteiger partial charge is 0.241 e. The van der Waals surface area contributed by atoms with Crippen molar-refractivity contribution in [1.29, 1.82) is 0 Å². The van der Waals surface area contributed by atoms with Crippen LogP contribution in [0.1, 0.15) is 13.8 Å². The Bertz CT molecular complexity index is 505. The van der Waals surface area contributed by atoms with E-state index >= 15 is 0 Å². The molecule has 7 heteroatoms. The van der Waals surface area contributed by atoms with Crippen LogP contribution in [0, 0.1) is 0 Å². The zero-order valence-electron chi connectivity index (χ0n) is 13.9. The molecule has 0 unspecified atom stereocenters. The monoisotopic (exact) mass is 340 g/mol. The van der Waals surface area contributed by atoms with E-state index in [1.807, 2.05) is 37.9 Å². The van der Waals surface area contributed by atoms with Crippen molar-refractivity contribution >= 4 is 23.5 Å². The lowest BCUT2D eigenvalue weighted by atomic mass is 10.3. The molecule has 1 amide bonds. The first-order valence-corrected chi connectivity index (χ1v) is 8.09. The number of amides is 1. The van der Waals surface area contributed by atoms with E-state index in [1.54, 1.807) is 12.1 Å². The summed E-state index contributed by atoms with van der Waals surface area (Å²) in [5.74, 6) is 1.36. The van der Waals surface area contributed by atoms with Gasteiger partial charge in [0.2, 0.25) is 5.91 Å². The Morgan fingerprint density at radius 2 is 1.87 bits per heavy atom. The Hall–Kier alpha value is -1.95. The number of ether oxygens (including phenoxy) is 1. The van der Waals surface area contributed by atoms with E-state index in [1.165, 1.54) is 0 Å². The van der Waals surface area contributed by atoms with Gasteiger partial charge in [0.05, 0.1) is 6.54 Å². The fourth-order valence-corrected chi connectivity index (χ4v) is 1.93. The lowest BCUT2D eigenvalue weighted by molar-refractivity contribution is -0.119. The van der Waals surface area contributed by atoms with Crippen LogP contribution in [0.2, 0.25) is 5.02 Å². The van der Waals surface area contributed by atoms with Crippen molar-refractivity contribution in [3.8, 4) is 5.75 Å². The summed E-state index contributed by atoms with van der Waals surface area (Å²) in [5, 5.41) is 6.56. The van der Waals surface area contributed by atoms with Crippen LogP contribution in [0.15, 0.2) is 29.3 Å². The van der Waals surface area contributed by atoms with Crippen LogP contribution in [0.4, 0.5) is 0 Å². The summed E-state index contributed by atoms with van der Waals surface area (Å²) in [7, 11) is 1.91. The lowest BCUT2D eigenvalue weighted by Gasteiger charge is -2.22. The summed E-state index contributed by atoms with van der Waals surface area (Å²) in [4.78, 5) is 17.7. The highest BCUT2D eigenvalue weighted by Crippen LogP contribution is 2.15. The molecular weight excluding hydrogens is 316 g/mol. The molecule has 0 atom stereocenters. The average Bonchev–Trinajstić information content (AvgIpc) is 2.53. The number of aliphatic imine (C=N–C) groups is 1. The molecule has 128 valence electrons. The highest BCUT2D eigenvalue weighted by atomic mass is 35.5. The Kier molecular flexibility index (Phi) is 8.90. The van der Waals surface area contributed by atoms with Crippen LogP contribution in [0.3, 0.4) is 0 Å². The first kappa shape index (κ1) is 19.1. The van der Waals surface area contributed by atoms with Gasteiger partial charge < -0.3 is 20.3 Å². The minimum atomic E-state index is -0.0892. The summed E-state index contributed by atoms with van der Waals surface area (Å²) in [6.07, 6.45) is 0. The molecule has 0 saturated carbocycles. The van der Waals surface area contributed by atoms with Crippen LogP contribution < -0.4 is 15.4 Å². The molecule has 0 aromatic heterocycles. The maximum atomic E-state index is 11.5. The first-order valence-electron chi connectivity index (χ1n) is 7.71. The van der Waals surface area contributed by atoms with Crippen molar-refractivity contribution in [2.24, 2.45) is 4.99 Å². The van der Waals surface area contributed by atoms with E-state index < -0.39 is 0 Å². The summed E-state index contributed by atoms with van der Waals surface area (Å²) < 4.78 is 5.66. The molecule has 0 radical (unpaired) electrons. The standard InChI is InChI=1S/C16H25ClN4O2/c1-4-18-15(22)12-20-16(19-5-2)21(3)10-11-23-14-8-6-13(17)7-9-14/h6-9H,4-5,10-12H2,1-3H3,(H,18,22)(H,19,20). The fourth-order valence-electron chi connectivity index (χ4n) is 1.81. The summed E-state index contributed by atoms with van der Waals surface area (Å²) >= 11 is 5.83. The van der Waals surface area contributed by atoms with Gasteiger partial charge in [0.25, 0.3) is 0 Å². The third-order valence-corrected chi connectivity index (χ3v) is 3.20. The highest BCUT2D eigenvalue weighted by molar-refractivity contribution is 6.30. The molecule has 0 saturated heterocycles. The maximum absolute atomic E-state index is 11.5. The second-order valence-electron chi connectivity index (χ2n) is 4.85. The van der Waals surface area contributed by atoms with E-state index in [0.29, 0.717) is 30.7 Å². The first-order chi connectivity index (χ1) is 11.1. The molecule has 0 spiro atoms. The van der Waals surface area contributed by atoms with Crippen molar-refractivity contribution in [3.05, 3.63) is 29.3 Å². The van der Waals surface area contributed by atoms with Crippen molar-refractivity contribution in [3.63, 3.8) is 0 Å². The number of likely N-dealkylation sites (N-methyl/N-ethyl adjacent to an activating group) is 2. The van der Waals surface area contributed by atoms with E-state index in [9.17, 15) is 4.79 Å². The number of halogens is 1. The third kappa shape index (κ3) is 7.74. The zero-order chi connectivity index (χ0) is 17.1. The van der Waals surface area contributed by atoms with Gasteiger partial charge in [0.15, 0.2) is 5.96 Å². The predicted molar refractivity (Wildman–Crippen MR) is 94.2 cm³/mol. The Morgan fingerprint density at radius 3 is 2.48 bits per heavy atom. The Labute approximate surface area is 142 Å². The second-order valence-corrected chi connectivity index (χ2v) is 5.28. The minimum Gasteiger partial charge on any atom is -0.492 e. The molecule has 0 bridgehead atoms. The molecule has 1 aromatic carbocycles. The number of hydrogen-bond donors (Lipinski definition) is 2. The van der Waals surface area contributed by atoms with Crippen LogP contribution in [0.5, 0.6) is 5.75 Å². The molecule has 23 heavy (non-hydrogen) atoms. The van der Waals surface area contributed by atoms with Crippen LogP contribution in [-0.2, 0) is 4.79 Å². The van der Waals surface area contributed by atoms with Gasteiger partial charge in [-0.2, -0.15) is 0 Å². The summed E-state index contributed by atoms with van der Waals surface area (Å²) in [6, 6.07) is 7.24. The SMILES string of the molecule is CCNC(=O)CN=C(NCC)N(C)CCOc1ccc(Cl)cc1. The second kappa shape index (κ2) is 10.7. The third-order valence-electron chi connectivity index (χ3n) is 2.95. The molecule has 0 aliphatic carbocycles. The number of carbonyl (C=O) groups is 1. The zero-order valence-corrected chi connectivity index (χ0v) is 14.7. The van der Waals surface area contributed by atoms with Gasteiger partial charge >= 0.3 is 0 Å². The highest BCUT2D eigenvalue weighted by Gasteiger charge is 2.07. The van der Waals surface area contributed by atoms with Crippen molar-refractivity contribution < 1.29 is 9.53 Å². The number of nitrogens with one attached hydrogen (secondary N) is 2. The number of carbonyl (C=O) groups excluding carboxylic acids is 1. The van der Waals surface area contributed by atoms with Crippen molar-refractivity contribution in [2.45, 2.75) is 13.8 Å². The van der Waals surface area contributed by atoms with Gasteiger partial charge in [0, 0.05) is 25.2 Å². The van der Waals surface area contributed by atoms with E-state index in [0.717, 1.165) is 12.3 Å². The molecular formula is C16H25ClN4O2. The van der Waals surface area contributed by atoms with Crippen LogP contribution in [0.25, 0.3) is 0 Å². The number of benzene rings is 1. The van der Waals surface area contributed by atoms with Crippen LogP contribution >= 0.6 is 11.6 Å². The Morgan fingerprint density at radius 1 is 1.22 bits per heavy atom. The number of guanidine groups is 1. The topological polar surface area (TPSA) is 66.0 Å². The average molecular weight is 341 g/mol. The van der Waals surface area contributed by atoms with E-state index in [4.69, 9.17) is 16.3 Å². The van der Waals surface area contributed by atoms with Crippen LogP contribution in [-0.4, -0.2) is 56.6 Å². The number of nitrogens with zero attached hydrogens (tertiary/aromatic N) is 2. The van der Waals surface area contributed by atoms with E-state index in [2.05, 4.69) is 15.6 Å². The van der Waals surface area contributed by atoms with Gasteiger partial charge in [-0.15, -0.1) is 0 Å². The lowest BCUT2D eigenvalue weighted by Crippen LogP contribution is -2.41. The molecule has 0 aliphatic rings. The van der Waals surface area contributed by atoms with Gasteiger partial charge in [-0.25, -0.2) is 4.99 Å². The summed E-state index contributed by atoms with van der Waals surface area (Å²) in [6.45, 7) is 6.46. The fraction of sp³-hybridized carbons (Fsp3) is 0.500. The predicted octanol–water partition coefficient (Wildman–Crippen LogP) is 1.75. The Balaban J connectivity index is 2.46. The minimum absolute atomic E-state index is 0.0892. The molecule has 6 nitrogen and oxygen atoms in total. The number of hydrogen-bond acceptors (Lipinski definition) is 3. The molecule has 0 aliphatic heterocycles. The summed E-state index contributed by atoms with van der Waals surface area (Å²) in [5.41, 5.74) is 0. The molecule has 0 fully saturated rings.